The van der Waals surface area contributed by atoms with E-state index in [0.717, 1.165) is 6.42 Å². The monoisotopic (exact) mass is 354 g/mol. The number of carbonyl (C=O) groups excluding carboxylic acids is 3. The normalized spacial score (nSPS) is 11.3. The van der Waals surface area contributed by atoms with E-state index in [4.69, 9.17) is 4.74 Å². The van der Waals surface area contributed by atoms with Crippen LogP contribution in [0.5, 0.6) is 0 Å². The number of esters is 1. The fraction of sp³-hybridized carbons (Fsp3) is 0.250. The highest BCUT2D eigenvalue weighted by atomic mass is 16.5. The van der Waals surface area contributed by atoms with Gasteiger partial charge in [0.2, 0.25) is 5.91 Å². The molecule has 0 bridgehead atoms. The third kappa shape index (κ3) is 5.44. The van der Waals surface area contributed by atoms with Crippen molar-refractivity contribution in [1.82, 2.24) is 0 Å². The lowest BCUT2D eigenvalue weighted by Gasteiger charge is -2.14. The Morgan fingerprint density at radius 2 is 1.69 bits per heavy atom. The van der Waals surface area contributed by atoms with E-state index in [9.17, 15) is 14.4 Å². The van der Waals surface area contributed by atoms with Gasteiger partial charge in [-0.1, -0.05) is 25.1 Å². The van der Waals surface area contributed by atoms with Gasteiger partial charge < -0.3 is 15.4 Å². The molecule has 6 heteroatoms. The van der Waals surface area contributed by atoms with E-state index in [-0.39, 0.29) is 11.5 Å². The van der Waals surface area contributed by atoms with Gasteiger partial charge in [-0.25, -0.2) is 4.79 Å². The maximum absolute atomic E-state index is 12.2. The molecule has 0 unspecified atom stereocenters. The number of hydrogen-bond acceptors (Lipinski definition) is 4. The fourth-order valence-electron chi connectivity index (χ4n) is 2.28. The Morgan fingerprint density at radius 1 is 1.00 bits per heavy atom. The molecule has 2 amide bonds. The molecule has 0 spiro atoms. The number of amides is 2. The molecule has 0 heterocycles. The number of anilines is 2. The maximum atomic E-state index is 12.2. The lowest BCUT2D eigenvalue weighted by Crippen LogP contribution is -2.30. The summed E-state index contributed by atoms with van der Waals surface area (Å²) < 4.78 is 5.21. The predicted molar refractivity (Wildman–Crippen MR) is 100 cm³/mol. The molecule has 0 radical (unpaired) electrons. The molecular weight excluding hydrogens is 332 g/mol. The van der Waals surface area contributed by atoms with Crippen LogP contribution in [0.3, 0.4) is 0 Å². The second-order valence-corrected chi connectivity index (χ2v) is 5.85. The van der Waals surface area contributed by atoms with Crippen molar-refractivity contribution in [3.63, 3.8) is 0 Å². The van der Waals surface area contributed by atoms with Gasteiger partial charge in [0, 0.05) is 18.3 Å². The van der Waals surface area contributed by atoms with Crippen molar-refractivity contribution in [1.29, 1.82) is 0 Å². The summed E-state index contributed by atoms with van der Waals surface area (Å²) in [5.41, 5.74) is 2.55. The second-order valence-electron chi connectivity index (χ2n) is 5.85. The summed E-state index contributed by atoms with van der Waals surface area (Å²) in [5, 5.41) is 5.31. The minimum Gasteiger partial charge on any atom is -0.449 e. The summed E-state index contributed by atoms with van der Waals surface area (Å²) in [6.07, 6.45) is -0.0439. The molecule has 26 heavy (non-hydrogen) atoms. The number of hydrogen-bond donors (Lipinski definition) is 2. The van der Waals surface area contributed by atoms with Gasteiger partial charge in [-0.15, -0.1) is 0 Å². The van der Waals surface area contributed by atoms with Crippen LogP contribution in [0.4, 0.5) is 11.4 Å². The van der Waals surface area contributed by atoms with Crippen LogP contribution in [0.25, 0.3) is 0 Å². The second kappa shape index (κ2) is 8.80. The Morgan fingerprint density at radius 3 is 2.31 bits per heavy atom. The molecule has 0 aliphatic heterocycles. The summed E-state index contributed by atoms with van der Waals surface area (Å²) in [6, 6.07) is 13.8. The van der Waals surface area contributed by atoms with Gasteiger partial charge in [0.1, 0.15) is 0 Å². The molecule has 0 aliphatic rings. The summed E-state index contributed by atoms with van der Waals surface area (Å²) in [6.45, 7) is 4.94. The van der Waals surface area contributed by atoms with Crippen LogP contribution in [0, 0.1) is 0 Å². The largest absolute Gasteiger partial charge is 0.449 e. The molecule has 0 fully saturated rings. The first-order chi connectivity index (χ1) is 12.4. The molecule has 1 atom stereocenters. The third-order valence-electron chi connectivity index (χ3n) is 3.70. The van der Waals surface area contributed by atoms with Gasteiger partial charge in [-0.05, 0) is 49.2 Å². The quantitative estimate of drug-likeness (QED) is 0.779. The van der Waals surface area contributed by atoms with Crippen LogP contribution in [-0.4, -0.2) is 23.9 Å². The highest BCUT2D eigenvalue weighted by Crippen LogP contribution is 2.14. The minimum atomic E-state index is -0.960. The lowest BCUT2D eigenvalue weighted by molar-refractivity contribution is -0.123. The Hall–Kier alpha value is -3.15. The zero-order valence-electron chi connectivity index (χ0n) is 15.0. The zero-order valence-corrected chi connectivity index (χ0v) is 15.0. The summed E-state index contributed by atoms with van der Waals surface area (Å²) in [7, 11) is 0. The first-order valence-corrected chi connectivity index (χ1v) is 8.37. The fourth-order valence-corrected chi connectivity index (χ4v) is 2.28. The van der Waals surface area contributed by atoms with E-state index < -0.39 is 18.0 Å². The molecule has 0 aliphatic carbocycles. The van der Waals surface area contributed by atoms with Crippen LogP contribution in [0.15, 0.2) is 48.5 Å². The highest BCUT2D eigenvalue weighted by Gasteiger charge is 2.19. The standard InChI is InChI=1S/C20H22N2O4/c1-4-15-8-10-17(11-9-15)22-19(24)13(2)26-20(25)16-6-5-7-18(12-16)21-14(3)23/h5-13H,4H2,1-3H3,(H,21,23)(H,22,24)/t13-/m0/s1. The van der Waals surface area contributed by atoms with Gasteiger partial charge in [-0.3, -0.25) is 9.59 Å². The first kappa shape index (κ1) is 19.2. The number of nitrogens with one attached hydrogen (secondary N) is 2. The van der Waals surface area contributed by atoms with Crippen molar-refractivity contribution in [3.05, 3.63) is 59.7 Å². The van der Waals surface area contributed by atoms with Gasteiger partial charge in [0.15, 0.2) is 6.10 Å². The molecule has 2 N–H and O–H groups in total. The molecule has 2 rings (SSSR count). The number of benzene rings is 2. The number of rotatable bonds is 6. The topological polar surface area (TPSA) is 84.5 Å². The molecule has 0 saturated heterocycles. The number of ether oxygens (including phenoxy) is 1. The van der Waals surface area contributed by atoms with Crippen LogP contribution in [0.2, 0.25) is 0 Å². The average Bonchev–Trinajstić information content (AvgIpc) is 2.62. The van der Waals surface area contributed by atoms with E-state index in [1.807, 2.05) is 24.3 Å². The average molecular weight is 354 g/mol. The Bertz CT molecular complexity index is 800. The zero-order chi connectivity index (χ0) is 19.1. The summed E-state index contributed by atoms with van der Waals surface area (Å²) in [4.78, 5) is 35.5. The van der Waals surface area contributed by atoms with Crippen molar-refractivity contribution in [2.24, 2.45) is 0 Å². The molecule has 136 valence electrons. The SMILES string of the molecule is CCc1ccc(NC(=O)[C@H](C)OC(=O)c2cccc(NC(C)=O)c2)cc1. The van der Waals surface area contributed by atoms with Crippen LogP contribution < -0.4 is 10.6 Å². The van der Waals surface area contributed by atoms with Crippen LogP contribution in [-0.2, 0) is 20.7 Å². The Balaban J connectivity index is 1.97. The molecular formula is C20H22N2O4. The van der Waals surface area contributed by atoms with Crippen molar-refractivity contribution in [2.75, 3.05) is 10.6 Å². The molecule has 6 nitrogen and oxygen atoms in total. The Kier molecular flexibility index (Phi) is 6.49. The van der Waals surface area contributed by atoms with E-state index in [1.165, 1.54) is 25.5 Å². The summed E-state index contributed by atoms with van der Waals surface area (Å²) >= 11 is 0. The molecule has 0 aromatic heterocycles. The van der Waals surface area contributed by atoms with Crippen molar-refractivity contribution in [2.45, 2.75) is 33.3 Å². The lowest BCUT2D eigenvalue weighted by atomic mass is 10.1. The van der Waals surface area contributed by atoms with E-state index in [1.54, 1.807) is 18.2 Å². The van der Waals surface area contributed by atoms with E-state index in [2.05, 4.69) is 17.6 Å². The highest BCUT2D eigenvalue weighted by molar-refractivity contribution is 5.98. The van der Waals surface area contributed by atoms with Gasteiger partial charge in [0.25, 0.3) is 5.91 Å². The van der Waals surface area contributed by atoms with E-state index in [0.29, 0.717) is 11.4 Å². The third-order valence-corrected chi connectivity index (χ3v) is 3.70. The first-order valence-electron chi connectivity index (χ1n) is 8.37. The van der Waals surface area contributed by atoms with Crippen molar-refractivity contribution in [3.8, 4) is 0 Å². The smallest absolute Gasteiger partial charge is 0.338 e. The molecule has 2 aromatic carbocycles. The Labute approximate surface area is 152 Å². The van der Waals surface area contributed by atoms with Crippen LogP contribution in [0.1, 0.15) is 36.7 Å². The van der Waals surface area contributed by atoms with Gasteiger partial charge in [0.05, 0.1) is 5.56 Å². The molecule has 0 saturated carbocycles. The van der Waals surface area contributed by atoms with Gasteiger partial charge in [-0.2, -0.15) is 0 Å². The predicted octanol–water partition coefficient (Wildman–Crippen LogP) is 3.39. The minimum absolute atomic E-state index is 0.239. The molecule has 2 aromatic rings. The number of aryl methyl sites for hydroxylation is 1. The number of carbonyl (C=O) groups is 3. The van der Waals surface area contributed by atoms with Crippen LogP contribution >= 0.6 is 0 Å². The van der Waals surface area contributed by atoms with Crippen molar-refractivity contribution < 1.29 is 19.1 Å². The van der Waals surface area contributed by atoms with E-state index >= 15 is 0 Å². The summed E-state index contributed by atoms with van der Waals surface area (Å²) in [5.74, 6) is -1.29. The maximum Gasteiger partial charge on any atom is 0.338 e. The van der Waals surface area contributed by atoms with Gasteiger partial charge >= 0.3 is 5.97 Å². The van der Waals surface area contributed by atoms with Crippen molar-refractivity contribution >= 4 is 29.2 Å².